The highest BCUT2D eigenvalue weighted by atomic mass is 79.9. The summed E-state index contributed by atoms with van der Waals surface area (Å²) in [6.45, 7) is 1.50. The van der Waals surface area contributed by atoms with E-state index in [1.165, 1.54) is 19.1 Å². The van der Waals surface area contributed by atoms with Gasteiger partial charge in [-0.05, 0) is 24.3 Å². The van der Waals surface area contributed by atoms with Crippen LogP contribution in [-0.4, -0.2) is 24.1 Å². The summed E-state index contributed by atoms with van der Waals surface area (Å²) in [4.78, 5) is 11.8. The average molecular weight is 306 g/mol. The first-order chi connectivity index (χ1) is 7.38. The molecule has 1 aromatic rings. The molecule has 0 amide bonds. The molecule has 0 aliphatic carbocycles. The van der Waals surface area contributed by atoms with Crippen molar-refractivity contribution in [2.75, 3.05) is 11.5 Å². The first kappa shape index (κ1) is 13.2. The minimum Gasteiger partial charge on any atom is -0.399 e. The van der Waals surface area contributed by atoms with Gasteiger partial charge in [0.15, 0.2) is 19.8 Å². The highest BCUT2D eigenvalue weighted by Gasteiger charge is 2.28. The van der Waals surface area contributed by atoms with E-state index in [2.05, 4.69) is 15.9 Å². The molecule has 0 spiro atoms. The molecule has 1 atom stereocenters. The first-order valence-electron chi connectivity index (χ1n) is 4.64. The van der Waals surface area contributed by atoms with Gasteiger partial charge in [-0.1, -0.05) is 22.9 Å². The van der Waals surface area contributed by atoms with Crippen molar-refractivity contribution in [3.05, 3.63) is 29.8 Å². The molecular formula is C10H12BrNO3S. The lowest BCUT2D eigenvalue weighted by Gasteiger charge is -2.08. The summed E-state index contributed by atoms with van der Waals surface area (Å²) in [5, 5.41) is 0. The minimum atomic E-state index is -3.42. The number of carbonyl (C=O) groups excluding carboxylic acids is 1. The van der Waals surface area contributed by atoms with Crippen LogP contribution in [0.5, 0.6) is 0 Å². The molecule has 88 valence electrons. The molecule has 0 aliphatic rings. The molecule has 0 aromatic heterocycles. The van der Waals surface area contributed by atoms with Gasteiger partial charge in [-0.2, -0.15) is 0 Å². The summed E-state index contributed by atoms with van der Waals surface area (Å²) >= 11 is 2.91. The fraction of sp³-hybridized carbons (Fsp3) is 0.300. The van der Waals surface area contributed by atoms with Gasteiger partial charge in [-0.15, -0.1) is 0 Å². The number of nitrogens with two attached hydrogens (primary N) is 1. The van der Waals surface area contributed by atoms with Crippen LogP contribution in [0.15, 0.2) is 24.3 Å². The number of nitrogen functional groups attached to an aromatic ring is 1. The number of hydrogen-bond acceptors (Lipinski definition) is 4. The summed E-state index contributed by atoms with van der Waals surface area (Å²) in [6, 6.07) is 6.14. The van der Waals surface area contributed by atoms with Crippen molar-refractivity contribution in [3.8, 4) is 0 Å². The molecule has 16 heavy (non-hydrogen) atoms. The van der Waals surface area contributed by atoms with Crippen molar-refractivity contribution in [3.63, 3.8) is 0 Å². The van der Waals surface area contributed by atoms with Crippen molar-refractivity contribution in [2.24, 2.45) is 0 Å². The van der Waals surface area contributed by atoms with Crippen LogP contribution in [0.3, 0.4) is 0 Å². The fourth-order valence-electron chi connectivity index (χ4n) is 1.09. The van der Waals surface area contributed by atoms with E-state index in [1.807, 2.05) is 0 Å². The highest BCUT2D eigenvalue weighted by Crippen LogP contribution is 2.17. The SMILES string of the molecule is CCS(=O)(=O)[C@@H](Br)C(=O)c1ccc(N)cc1. The molecular weight excluding hydrogens is 294 g/mol. The number of carbonyl (C=O) groups is 1. The monoisotopic (exact) mass is 305 g/mol. The predicted molar refractivity (Wildman–Crippen MR) is 67.4 cm³/mol. The number of sulfone groups is 1. The van der Waals surface area contributed by atoms with Crippen LogP contribution in [0, 0.1) is 0 Å². The number of benzene rings is 1. The number of ketones is 1. The van der Waals surface area contributed by atoms with Gasteiger partial charge in [-0.25, -0.2) is 8.42 Å². The molecule has 0 saturated carbocycles. The molecule has 0 radical (unpaired) electrons. The second kappa shape index (κ2) is 4.97. The quantitative estimate of drug-likeness (QED) is 0.521. The van der Waals surface area contributed by atoms with Crippen LogP contribution in [-0.2, 0) is 9.84 Å². The Balaban J connectivity index is 2.99. The van der Waals surface area contributed by atoms with Crippen molar-refractivity contribution in [1.29, 1.82) is 0 Å². The molecule has 6 heteroatoms. The number of rotatable bonds is 4. The van der Waals surface area contributed by atoms with Gasteiger partial charge in [0.2, 0.25) is 0 Å². The number of anilines is 1. The lowest BCUT2D eigenvalue weighted by atomic mass is 10.1. The minimum absolute atomic E-state index is 0.0797. The van der Waals surface area contributed by atoms with Crippen LogP contribution < -0.4 is 5.73 Å². The normalized spacial score (nSPS) is 13.4. The van der Waals surface area contributed by atoms with Crippen molar-refractivity contribution in [2.45, 2.75) is 11.1 Å². The Labute approximate surface area is 103 Å². The molecule has 0 heterocycles. The number of Topliss-reactive ketones (excluding diaryl/α,β-unsaturated/α-hetero) is 1. The van der Waals surface area contributed by atoms with E-state index in [0.29, 0.717) is 11.3 Å². The summed E-state index contributed by atoms with van der Waals surface area (Å²) in [6.07, 6.45) is 0. The Morgan fingerprint density at radius 2 is 1.88 bits per heavy atom. The largest absolute Gasteiger partial charge is 0.399 e. The molecule has 1 rings (SSSR count). The van der Waals surface area contributed by atoms with Crippen molar-refractivity contribution < 1.29 is 13.2 Å². The van der Waals surface area contributed by atoms with Crippen LogP contribution in [0.1, 0.15) is 17.3 Å². The van der Waals surface area contributed by atoms with Crippen LogP contribution in [0.25, 0.3) is 0 Å². The third-order valence-electron chi connectivity index (χ3n) is 2.12. The Morgan fingerprint density at radius 3 is 2.31 bits per heavy atom. The lowest BCUT2D eigenvalue weighted by molar-refractivity contribution is 0.101. The van der Waals surface area contributed by atoms with Gasteiger partial charge in [0.25, 0.3) is 0 Å². The molecule has 0 saturated heterocycles. The van der Waals surface area contributed by atoms with E-state index in [9.17, 15) is 13.2 Å². The molecule has 0 unspecified atom stereocenters. The summed E-state index contributed by atoms with van der Waals surface area (Å²) in [5.74, 6) is -0.550. The van der Waals surface area contributed by atoms with E-state index < -0.39 is 19.8 Å². The number of alkyl halides is 1. The van der Waals surface area contributed by atoms with Crippen molar-refractivity contribution in [1.82, 2.24) is 0 Å². The molecule has 0 fully saturated rings. The number of hydrogen-bond donors (Lipinski definition) is 1. The third kappa shape index (κ3) is 2.82. The van der Waals surface area contributed by atoms with Gasteiger partial charge in [-0.3, -0.25) is 4.79 Å². The molecule has 0 aliphatic heterocycles. The van der Waals surface area contributed by atoms with Gasteiger partial charge in [0.05, 0.1) is 0 Å². The van der Waals surface area contributed by atoms with Gasteiger partial charge < -0.3 is 5.73 Å². The van der Waals surface area contributed by atoms with Crippen LogP contribution in [0.2, 0.25) is 0 Å². The maximum Gasteiger partial charge on any atom is 0.191 e. The van der Waals surface area contributed by atoms with Gasteiger partial charge >= 0.3 is 0 Å². The van der Waals surface area contributed by atoms with E-state index in [-0.39, 0.29) is 5.75 Å². The Bertz CT molecular complexity index is 481. The second-order valence-electron chi connectivity index (χ2n) is 3.25. The van der Waals surface area contributed by atoms with E-state index >= 15 is 0 Å². The van der Waals surface area contributed by atoms with Gasteiger partial charge in [0.1, 0.15) is 0 Å². The molecule has 2 N–H and O–H groups in total. The standard InChI is InChI=1S/C10H12BrNO3S/c1-2-16(14,15)10(11)9(13)7-3-5-8(12)6-4-7/h3-6,10H,2,12H2,1H3/t10-/m1/s1. The van der Waals surface area contributed by atoms with E-state index in [0.717, 1.165) is 0 Å². The summed E-state index contributed by atoms with van der Waals surface area (Å²) in [5.41, 5.74) is 6.33. The zero-order valence-corrected chi connectivity index (χ0v) is 11.1. The topological polar surface area (TPSA) is 77.2 Å². The van der Waals surface area contributed by atoms with E-state index in [4.69, 9.17) is 5.73 Å². The highest BCUT2D eigenvalue weighted by molar-refractivity contribution is 9.11. The average Bonchev–Trinajstić information content (AvgIpc) is 2.28. The lowest BCUT2D eigenvalue weighted by Crippen LogP contribution is -2.26. The zero-order valence-electron chi connectivity index (χ0n) is 8.68. The smallest absolute Gasteiger partial charge is 0.191 e. The third-order valence-corrected chi connectivity index (χ3v) is 5.89. The second-order valence-corrected chi connectivity index (χ2v) is 7.15. The summed E-state index contributed by atoms with van der Waals surface area (Å²) in [7, 11) is -3.42. The van der Waals surface area contributed by atoms with Crippen molar-refractivity contribution >= 4 is 37.2 Å². The maximum atomic E-state index is 11.8. The molecule has 1 aromatic carbocycles. The Morgan fingerprint density at radius 1 is 1.38 bits per heavy atom. The van der Waals surface area contributed by atoms with E-state index in [1.54, 1.807) is 12.1 Å². The molecule has 0 bridgehead atoms. The fourth-order valence-corrected chi connectivity index (χ4v) is 2.90. The zero-order chi connectivity index (χ0) is 12.3. The van der Waals surface area contributed by atoms with Gasteiger partial charge in [0, 0.05) is 17.0 Å². The predicted octanol–water partition coefficient (Wildman–Crippen LogP) is 1.61. The Kier molecular flexibility index (Phi) is 4.09. The number of halogens is 1. The van der Waals surface area contributed by atoms with Crippen LogP contribution >= 0.6 is 15.9 Å². The summed E-state index contributed by atoms with van der Waals surface area (Å²) < 4.78 is 21.8. The Hall–Kier alpha value is -0.880. The molecule has 4 nitrogen and oxygen atoms in total. The van der Waals surface area contributed by atoms with Crippen LogP contribution in [0.4, 0.5) is 5.69 Å². The maximum absolute atomic E-state index is 11.8. The first-order valence-corrected chi connectivity index (χ1v) is 7.27.